The lowest BCUT2D eigenvalue weighted by Crippen LogP contribution is -2.23. The van der Waals surface area contributed by atoms with E-state index in [4.69, 9.17) is 21.1 Å². The number of carbonyl (C=O) groups is 2. The summed E-state index contributed by atoms with van der Waals surface area (Å²) in [7, 11) is 1.31. The second-order valence-corrected chi connectivity index (χ2v) is 6.52. The number of hydrogen-bond donors (Lipinski definition) is 0. The van der Waals surface area contributed by atoms with Crippen LogP contribution in [0, 0.1) is 0 Å². The average Bonchev–Trinajstić information content (AvgIpc) is 2.52. The van der Waals surface area contributed by atoms with Crippen LogP contribution in [0.5, 0.6) is 11.6 Å². The first-order valence-electron chi connectivity index (χ1n) is 7.45. The van der Waals surface area contributed by atoms with Crippen molar-refractivity contribution in [3.8, 4) is 11.6 Å². The van der Waals surface area contributed by atoms with E-state index >= 15 is 0 Å². The van der Waals surface area contributed by atoms with Crippen molar-refractivity contribution in [2.45, 2.75) is 26.4 Å². The molecule has 7 heteroatoms. The van der Waals surface area contributed by atoms with E-state index in [9.17, 15) is 9.59 Å². The minimum absolute atomic E-state index is 0.101. The zero-order chi connectivity index (χ0) is 18.6. The van der Waals surface area contributed by atoms with Crippen LogP contribution in [-0.4, -0.2) is 29.6 Å². The van der Waals surface area contributed by atoms with Crippen molar-refractivity contribution in [1.82, 2.24) is 4.98 Å². The van der Waals surface area contributed by atoms with Gasteiger partial charge in [0, 0.05) is 6.07 Å². The number of pyridine rings is 1. The molecule has 0 radical (unpaired) electrons. The summed E-state index contributed by atoms with van der Waals surface area (Å²) >= 11 is 5.96. The second kappa shape index (κ2) is 7.53. The van der Waals surface area contributed by atoms with Gasteiger partial charge in [0.15, 0.2) is 0 Å². The Morgan fingerprint density at radius 3 is 2.20 bits per heavy atom. The van der Waals surface area contributed by atoms with Crippen LogP contribution >= 0.6 is 11.6 Å². The summed E-state index contributed by atoms with van der Waals surface area (Å²) in [6.45, 7) is 5.32. The number of methoxy groups -OCH3 is 1. The molecule has 25 heavy (non-hydrogen) atoms. The molecule has 2 aromatic rings. The molecule has 0 N–H and O–H groups in total. The van der Waals surface area contributed by atoms with Gasteiger partial charge in [-0.05, 0) is 51.1 Å². The van der Waals surface area contributed by atoms with Crippen molar-refractivity contribution in [2.24, 2.45) is 0 Å². The van der Waals surface area contributed by atoms with E-state index in [1.54, 1.807) is 45.0 Å². The van der Waals surface area contributed by atoms with Crippen molar-refractivity contribution in [2.75, 3.05) is 7.11 Å². The molecular weight excluding hydrogens is 346 g/mol. The highest BCUT2D eigenvalue weighted by molar-refractivity contribution is 6.29. The predicted octanol–water partition coefficient (Wildman–Crippen LogP) is 4.27. The van der Waals surface area contributed by atoms with Gasteiger partial charge in [-0.1, -0.05) is 11.6 Å². The molecule has 0 saturated heterocycles. The summed E-state index contributed by atoms with van der Waals surface area (Å²) in [5.41, 5.74) is -0.00292. The third-order valence-electron chi connectivity index (χ3n) is 2.90. The first-order valence-corrected chi connectivity index (χ1v) is 7.83. The molecule has 132 valence electrons. The fourth-order valence-electron chi connectivity index (χ4n) is 1.88. The monoisotopic (exact) mass is 363 g/mol. The highest BCUT2D eigenvalue weighted by Gasteiger charge is 2.19. The minimum atomic E-state index is -0.627. The van der Waals surface area contributed by atoms with Gasteiger partial charge in [0.05, 0.1) is 18.2 Å². The number of nitrogens with zero attached hydrogens (tertiary/aromatic N) is 1. The first-order chi connectivity index (χ1) is 11.7. The van der Waals surface area contributed by atoms with Gasteiger partial charge >= 0.3 is 11.9 Å². The lowest BCUT2D eigenvalue weighted by molar-refractivity contribution is 0.00688. The van der Waals surface area contributed by atoms with E-state index in [-0.39, 0.29) is 16.6 Å². The molecule has 0 aliphatic rings. The average molecular weight is 364 g/mol. The molecule has 1 aromatic heterocycles. The number of ether oxygens (including phenoxy) is 3. The van der Waals surface area contributed by atoms with Gasteiger partial charge in [0.2, 0.25) is 5.88 Å². The Balaban J connectivity index is 2.20. The summed E-state index contributed by atoms with van der Waals surface area (Å²) in [6.07, 6.45) is 0. The normalized spacial score (nSPS) is 10.9. The molecule has 0 amide bonds. The number of hydrogen-bond acceptors (Lipinski definition) is 6. The maximum atomic E-state index is 12.2. The molecule has 0 unspecified atom stereocenters. The standard InChI is InChI=1S/C18H18ClNO5/c1-18(2,3)25-17(22)12-9-14(19)20-15(10-12)24-13-7-5-11(6-8-13)16(21)23-4/h5-10H,1-4H3. The highest BCUT2D eigenvalue weighted by atomic mass is 35.5. The molecule has 0 saturated carbocycles. The van der Waals surface area contributed by atoms with Crippen molar-refractivity contribution in [1.29, 1.82) is 0 Å². The Kier molecular flexibility index (Phi) is 5.64. The van der Waals surface area contributed by atoms with Crippen molar-refractivity contribution in [3.63, 3.8) is 0 Å². The van der Waals surface area contributed by atoms with Crippen LogP contribution in [0.1, 0.15) is 41.5 Å². The largest absolute Gasteiger partial charge is 0.465 e. The van der Waals surface area contributed by atoms with E-state index in [1.807, 2.05) is 0 Å². The van der Waals surface area contributed by atoms with Crippen molar-refractivity contribution >= 4 is 23.5 Å². The van der Waals surface area contributed by atoms with Crippen LogP contribution in [0.3, 0.4) is 0 Å². The third-order valence-corrected chi connectivity index (χ3v) is 3.10. The quantitative estimate of drug-likeness (QED) is 0.596. The SMILES string of the molecule is COC(=O)c1ccc(Oc2cc(C(=O)OC(C)(C)C)cc(Cl)n2)cc1. The third kappa shape index (κ3) is 5.46. The molecule has 0 fully saturated rings. The van der Waals surface area contributed by atoms with Crippen LogP contribution in [0.4, 0.5) is 0 Å². The number of aromatic nitrogens is 1. The summed E-state index contributed by atoms with van der Waals surface area (Å²) in [5.74, 6) is -0.404. The van der Waals surface area contributed by atoms with Crippen LogP contribution in [0.25, 0.3) is 0 Å². The molecule has 0 bridgehead atoms. The molecule has 0 aliphatic carbocycles. The predicted molar refractivity (Wildman–Crippen MR) is 92.3 cm³/mol. The molecule has 0 atom stereocenters. The van der Waals surface area contributed by atoms with Crippen LogP contribution < -0.4 is 4.74 Å². The lowest BCUT2D eigenvalue weighted by atomic mass is 10.2. The second-order valence-electron chi connectivity index (χ2n) is 6.14. The molecule has 0 spiro atoms. The summed E-state index contributed by atoms with van der Waals surface area (Å²) in [6, 6.07) is 9.13. The topological polar surface area (TPSA) is 74.7 Å². The number of rotatable bonds is 4. The fraction of sp³-hybridized carbons (Fsp3) is 0.278. The van der Waals surface area contributed by atoms with E-state index in [1.165, 1.54) is 19.2 Å². The van der Waals surface area contributed by atoms with Crippen molar-refractivity contribution in [3.05, 3.63) is 52.7 Å². The summed E-state index contributed by atoms with van der Waals surface area (Å²) in [5, 5.41) is 0.101. The van der Waals surface area contributed by atoms with Gasteiger partial charge in [-0.15, -0.1) is 0 Å². The zero-order valence-corrected chi connectivity index (χ0v) is 15.1. The number of benzene rings is 1. The van der Waals surface area contributed by atoms with Crippen LogP contribution in [0.2, 0.25) is 5.15 Å². The highest BCUT2D eigenvalue weighted by Crippen LogP contribution is 2.24. The Labute approximate surface area is 150 Å². The minimum Gasteiger partial charge on any atom is -0.465 e. The molecule has 6 nitrogen and oxygen atoms in total. The number of halogens is 1. The Morgan fingerprint density at radius 2 is 1.64 bits per heavy atom. The van der Waals surface area contributed by atoms with Gasteiger partial charge in [-0.25, -0.2) is 14.6 Å². The molecule has 0 aliphatic heterocycles. The smallest absolute Gasteiger partial charge is 0.338 e. The molecule has 2 rings (SSSR count). The molecule has 1 heterocycles. The lowest BCUT2D eigenvalue weighted by Gasteiger charge is -2.19. The van der Waals surface area contributed by atoms with E-state index in [0.29, 0.717) is 11.3 Å². The van der Waals surface area contributed by atoms with Gasteiger partial charge in [0.1, 0.15) is 16.5 Å². The maximum absolute atomic E-state index is 12.2. The van der Waals surface area contributed by atoms with E-state index in [2.05, 4.69) is 9.72 Å². The van der Waals surface area contributed by atoms with E-state index < -0.39 is 17.5 Å². The van der Waals surface area contributed by atoms with Crippen molar-refractivity contribution < 1.29 is 23.8 Å². The Bertz CT molecular complexity index is 781. The maximum Gasteiger partial charge on any atom is 0.338 e. The van der Waals surface area contributed by atoms with Crippen LogP contribution in [-0.2, 0) is 9.47 Å². The van der Waals surface area contributed by atoms with Crippen LogP contribution in [0.15, 0.2) is 36.4 Å². The van der Waals surface area contributed by atoms with Gasteiger partial charge in [0.25, 0.3) is 0 Å². The Morgan fingerprint density at radius 1 is 1.00 bits per heavy atom. The Hall–Kier alpha value is -2.60. The molecular formula is C18H18ClNO5. The zero-order valence-electron chi connectivity index (χ0n) is 14.3. The fourth-order valence-corrected chi connectivity index (χ4v) is 2.08. The summed E-state index contributed by atoms with van der Waals surface area (Å²) < 4.78 is 15.5. The van der Waals surface area contributed by atoms with E-state index in [0.717, 1.165) is 0 Å². The van der Waals surface area contributed by atoms with Gasteiger partial charge in [-0.3, -0.25) is 0 Å². The summed E-state index contributed by atoms with van der Waals surface area (Å²) in [4.78, 5) is 27.6. The number of esters is 2. The first kappa shape index (κ1) is 18.7. The van der Waals surface area contributed by atoms with Gasteiger partial charge < -0.3 is 14.2 Å². The van der Waals surface area contributed by atoms with Gasteiger partial charge in [-0.2, -0.15) is 0 Å². The number of carbonyl (C=O) groups excluding carboxylic acids is 2. The molecule has 1 aromatic carbocycles.